The van der Waals surface area contributed by atoms with Gasteiger partial charge in [0.25, 0.3) is 0 Å². The fraction of sp³-hybridized carbons (Fsp3) is 0.556. The highest BCUT2D eigenvalue weighted by molar-refractivity contribution is 5.95. The average molecular weight is 370 g/mol. The highest BCUT2D eigenvalue weighted by Gasteiger charge is 2.37. The molecular formula is C18H28ClN3O3. The van der Waals surface area contributed by atoms with Crippen molar-refractivity contribution in [2.45, 2.75) is 45.1 Å². The normalized spacial score (nSPS) is 22.4. The second-order valence-electron chi connectivity index (χ2n) is 6.53. The number of nitrogens with one attached hydrogen (secondary N) is 2. The van der Waals surface area contributed by atoms with Gasteiger partial charge in [0.15, 0.2) is 0 Å². The van der Waals surface area contributed by atoms with Crippen molar-refractivity contribution in [3.8, 4) is 5.75 Å². The van der Waals surface area contributed by atoms with Crippen molar-refractivity contribution in [1.82, 2.24) is 5.32 Å². The van der Waals surface area contributed by atoms with Crippen molar-refractivity contribution in [1.29, 1.82) is 0 Å². The molecule has 0 spiro atoms. The van der Waals surface area contributed by atoms with Crippen LogP contribution >= 0.6 is 12.4 Å². The number of carbonyl (C=O) groups excluding carboxylic acids is 2. The highest BCUT2D eigenvalue weighted by atomic mass is 35.5. The van der Waals surface area contributed by atoms with E-state index in [1.54, 1.807) is 24.3 Å². The van der Waals surface area contributed by atoms with Crippen LogP contribution in [0.4, 0.5) is 5.69 Å². The lowest BCUT2D eigenvalue weighted by Gasteiger charge is -2.37. The van der Waals surface area contributed by atoms with Crippen LogP contribution in [0.2, 0.25) is 0 Å². The SMILES string of the molecule is CCOc1ccc(NC(=O)CNC(=O)C2CCCCC2(C)N)cc1.Cl. The van der Waals surface area contributed by atoms with E-state index >= 15 is 0 Å². The number of halogens is 1. The molecule has 2 atom stereocenters. The minimum Gasteiger partial charge on any atom is -0.494 e. The molecule has 1 aliphatic rings. The molecule has 0 saturated heterocycles. The summed E-state index contributed by atoms with van der Waals surface area (Å²) in [5.41, 5.74) is 6.39. The summed E-state index contributed by atoms with van der Waals surface area (Å²) >= 11 is 0. The van der Waals surface area contributed by atoms with Crippen LogP contribution in [0.25, 0.3) is 0 Å². The molecule has 0 aliphatic heterocycles. The number of hydrogen-bond donors (Lipinski definition) is 3. The number of nitrogens with two attached hydrogens (primary N) is 1. The van der Waals surface area contributed by atoms with Gasteiger partial charge in [-0.2, -0.15) is 0 Å². The Morgan fingerprint density at radius 2 is 1.96 bits per heavy atom. The van der Waals surface area contributed by atoms with E-state index in [9.17, 15) is 9.59 Å². The first-order valence-electron chi connectivity index (χ1n) is 8.51. The van der Waals surface area contributed by atoms with Crippen molar-refractivity contribution >= 4 is 29.9 Å². The van der Waals surface area contributed by atoms with E-state index in [0.717, 1.165) is 31.4 Å². The van der Waals surface area contributed by atoms with Gasteiger partial charge in [-0.05, 0) is 51.0 Å². The quantitative estimate of drug-likeness (QED) is 0.718. The Morgan fingerprint density at radius 3 is 2.56 bits per heavy atom. The van der Waals surface area contributed by atoms with Crippen LogP contribution in [0, 0.1) is 5.92 Å². The minimum atomic E-state index is -0.492. The van der Waals surface area contributed by atoms with Crippen LogP contribution in [0.3, 0.4) is 0 Å². The number of anilines is 1. The molecule has 1 aromatic rings. The van der Waals surface area contributed by atoms with Crippen LogP contribution in [-0.4, -0.2) is 30.5 Å². The van der Waals surface area contributed by atoms with Crippen molar-refractivity contribution in [2.24, 2.45) is 11.7 Å². The first-order chi connectivity index (χ1) is 11.4. The predicted molar refractivity (Wildman–Crippen MR) is 101 cm³/mol. The van der Waals surface area contributed by atoms with Gasteiger partial charge in [-0.15, -0.1) is 12.4 Å². The van der Waals surface area contributed by atoms with E-state index in [1.807, 2.05) is 13.8 Å². The maximum absolute atomic E-state index is 12.3. The molecule has 140 valence electrons. The summed E-state index contributed by atoms with van der Waals surface area (Å²) in [6, 6.07) is 7.12. The molecule has 4 N–H and O–H groups in total. The Kier molecular flexibility index (Phi) is 8.19. The Hall–Kier alpha value is -1.79. The number of benzene rings is 1. The largest absolute Gasteiger partial charge is 0.494 e. The summed E-state index contributed by atoms with van der Waals surface area (Å²) in [6.07, 6.45) is 3.67. The Bertz CT molecular complexity index is 575. The summed E-state index contributed by atoms with van der Waals surface area (Å²) in [4.78, 5) is 24.3. The number of hydrogen-bond acceptors (Lipinski definition) is 4. The number of carbonyl (C=O) groups is 2. The lowest BCUT2D eigenvalue weighted by molar-refractivity contribution is -0.130. The molecule has 2 amide bonds. The van der Waals surface area contributed by atoms with Gasteiger partial charge in [-0.1, -0.05) is 12.8 Å². The molecule has 0 aromatic heterocycles. The first-order valence-corrected chi connectivity index (χ1v) is 8.51. The average Bonchev–Trinajstić information content (AvgIpc) is 2.54. The zero-order chi connectivity index (χ0) is 17.6. The highest BCUT2D eigenvalue weighted by Crippen LogP contribution is 2.31. The fourth-order valence-corrected chi connectivity index (χ4v) is 3.09. The Balaban J connectivity index is 0.00000312. The molecule has 0 bridgehead atoms. The van der Waals surface area contributed by atoms with E-state index in [-0.39, 0.29) is 36.7 Å². The minimum absolute atomic E-state index is 0. The lowest BCUT2D eigenvalue weighted by atomic mass is 9.74. The molecule has 25 heavy (non-hydrogen) atoms. The summed E-state index contributed by atoms with van der Waals surface area (Å²) in [7, 11) is 0. The third kappa shape index (κ3) is 6.21. The van der Waals surface area contributed by atoms with Gasteiger partial charge in [0.2, 0.25) is 11.8 Å². The molecule has 1 aliphatic carbocycles. The summed E-state index contributed by atoms with van der Waals surface area (Å²) < 4.78 is 5.35. The van der Waals surface area contributed by atoms with E-state index < -0.39 is 5.54 Å². The van der Waals surface area contributed by atoms with Gasteiger partial charge in [-0.3, -0.25) is 9.59 Å². The summed E-state index contributed by atoms with van der Waals surface area (Å²) in [5.74, 6) is 0.122. The van der Waals surface area contributed by atoms with Crippen molar-refractivity contribution in [3.63, 3.8) is 0 Å². The van der Waals surface area contributed by atoms with Gasteiger partial charge >= 0.3 is 0 Å². The summed E-state index contributed by atoms with van der Waals surface area (Å²) in [6.45, 7) is 4.37. The molecule has 7 heteroatoms. The predicted octanol–water partition coefficient (Wildman–Crippen LogP) is 2.47. The lowest BCUT2D eigenvalue weighted by Crippen LogP contribution is -2.53. The Morgan fingerprint density at radius 1 is 1.28 bits per heavy atom. The van der Waals surface area contributed by atoms with Crippen molar-refractivity contribution < 1.29 is 14.3 Å². The maximum atomic E-state index is 12.3. The second kappa shape index (κ2) is 9.63. The third-order valence-corrected chi connectivity index (χ3v) is 4.44. The van der Waals surface area contributed by atoms with E-state index in [1.165, 1.54) is 0 Å². The molecule has 1 aromatic carbocycles. The topological polar surface area (TPSA) is 93.5 Å². The van der Waals surface area contributed by atoms with Crippen LogP contribution in [0.5, 0.6) is 5.75 Å². The maximum Gasteiger partial charge on any atom is 0.243 e. The van der Waals surface area contributed by atoms with Gasteiger partial charge in [0.1, 0.15) is 5.75 Å². The van der Waals surface area contributed by atoms with Crippen LogP contribution in [0.1, 0.15) is 39.5 Å². The van der Waals surface area contributed by atoms with Gasteiger partial charge in [-0.25, -0.2) is 0 Å². The zero-order valence-corrected chi connectivity index (χ0v) is 15.7. The Labute approximate surface area is 155 Å². The third-order valence-electron chi connectivity index (χ3n) is 4.44. The molecule has 2 unspecified atom stereocenters. The standard InChI is InChI=1S/C18H27N3O3.ClH/c1-3-24-14-9-7-13(8-10-14)21-16(22)12-20-17(23)15-6-4-5-11-18(15,2)19;/h7-10,15H,3-6,11-12,19H2,1-2H3,(H,20,23)(H,21,22);1H. The number of ether oxygens (including phenoxy) is 1. The number of amides is 2. The van der Waals surface area contributed by atoms with Gasteiger partial charge in [0, 0.05) is 11.2 Å². The van der Waals surface area contributed by atoms with Crippen molar-refractivity contribution in [2.75, 3.05) is 18.5 Å². The first kappa shape index (κ1) is 21.3. The van der Waals surface area contributed by atoms with Crippen LogP contribution in [-0.2, 0) is 9.59 Å². The van der Waals surface area contributed by atoms with Gasteiger partial charge < -0.3 is 21.1 Å². The van der Waals surface area contributed by atoms with E-state index in [2.05, 4.69) is 10.6 Å². The molecule has 1 fully saturated rings. The smallest absolute Gasteiger partial charge is 0.243 e. The van der Waals surface area contributed by atoms with Crippen LogP contribution < -0.4 is 21.1 Å². The monoisotopic (exact) mass is 369 g/mol. The second-order valence-corrected chi connectivity index (χ2v) is 6.53. The molecule has 1 saturated carbocycles. The van der Waals surface area contributed by atoms with Gasteiger partial charge in [0.05, 0.1) is 19.1 Å². The van der Waals surface area contributed by atoms with E-state index in [4.69, 9.17) is 10.5 Å². The fourth-order valence-electron chi connectivity index (χ4n) is 3.09. The molecule has 2 rings (SSSR count). The molecule has 0 heterocycles. The zero-order valence-electron chi connectivity index (χ0n) is 14.8. The summed E-state index contributed by atoms with van der Waals surface area (Å²) in [5, 5.41) is 5.45. The molecule has 6 nitrogen and oxygen atoms in total. The molecule has 0 radical (unpaired) electrons. The van der Waals surface area contributed by atoms with Crippen molar-refractivity contribution in [3.05, 3.63) is 24.3 Å². The molecular weight excluding hydrogens is 342 g/mol. The van der Waals surface area contributed by atoms with E-state index in [0.29, 0.717) is 12.3 Å². The van der Waals surface area contributed by atoms with Crippen LogP contribution in [0.15, 0.2) is 24.3 Å². The number of rotatable bonds is 6.